The summed E-state index contributed by atoms with van der Waals surface area (Å²) >= 11 is 5.89. The van der Waals surface area contributed by atoms with Crippen molar-refractivity contribution >= 4 is 38.5 Å². The van der Waals surface area contributed by atoms with Crippen molar-refractivity contribution in [1.82, 2.24) is 0 Å². The highest BCUT2D eigenvalue weighted by Crippen LogP contribution is 2.21. The molecule has 0 N–H and O–H groups in total. The van der Waals surface area contributed by atoms with Crippen molar-refractivity contribution < 1.29 is 0 Å². The van der Waals surface area contributed by atoms with E-state index in [2.05, 4.69) is 93.9 Å². The zero-order valence-corrected chi connectivity index (χ0v) is 15.7. The van der Waals surface area contributed by atoms with Gasteiger partial charge in [-0.2, -0.15) is 0 Å². The molecule has 0 aliphatic carbocycles. The van der Waals surface area contributed by atoms with Crippen LogP contribution in [-0.4, -0.2) is 0 Å². The maximum absolute atomic E-state index is 3.49. The minimum atomic E-state index is 0. The average molecular weight is 417 g/mol. The van der Waals surface area contributed by atoms with Gasteiger partial charge in [0.2, 0.25) is 0 Å². The Morgan fingerprint density at radius 2 is 1.18 bits per heavy atom. The SMILES string of the molecule is C.CC(C)=C(Br)C(C)C.CC(C)=C(I)C(C)C. The Bertz CT molecular complexity index is 224. The van der Waals surface area contributed by atoms with Gasteiger partial charge in [0.1, 0.15) is 0 Å². The molecule has 0 spiro atoms. The molecular weight excluding hydrogens is 387 g/mol. The molecule has 0 saturated carbocycles. The Kier molecular flexibility index (Phi) is 15.8. The van der Waals surface area contributed by atoms with Crippen LogP contribution in [0.4, 0.5) is 0 Å². The van der Waals surface area contributed by atoms with Crippen LogP contribution >= 0.6 is 38.5 Å². The van der Waals surface area contributed by atoms with E-state index in [4.69, 9.17) is 0 Å². The molecule has 0 nitrogen and oxygen atoms in total. The molecule has 17 heavy (non-hydrogen) atoms. The summed E-state index contributed by atoms with van der Waals surface area (Å²) in [4.78, 5) is 0. The summed E-state index contributed by atoms with van der Waals surface area (Å²) < 4.78 is 2.82. The van der Waals surface area contributed by atoms with E-state index in [0.29, 0.717) is 11.8 Å². The number of hydrogen-bond donors (Lipinski definition) is 0. The predicted octanol–water partition coefficient (Wildman–Crippen LogP) is 7.34. The van der Waals surface area contributed by atoms with Gasteiger partial charge in [0, 0.05) is 0 Å². The van der Waals surface area contributed by atoms with E-state index < -0.39 is 0 Å². The van der Waals surface area contributed by atoms with Crippen molar-refractivity contribution in [2.24, 2.45) is 11.8 Å². The van der Waals surface area contributed by atoms with E-state index in [0.717, 1.165) is 0 Å². The molecule has 0 aromatic rings. The molecule has 0 aliphatic heterocycles. The van der Waals surface area contributed by atoms with E-state index in [-0.39, 0.29) is 7.43 Å². The Morgan fingerprint density at radius 3 is 1.18 bits per heavy atom. The quantitative estimate of drug-likeness (QED) is 0.413. The van der Waals surface area contributed by atoms with Gasteiger partial charge in [-0.1, -0.05) is 62.2 Å². The van der Waals surface area contributed by atoms with Crippen LogP contribution in [-0.2, 0) is 0 Å². The molecule has 0 atom stereocenters. The topological polar surface area (TPSA) is 0 Å². The third-order valence-corrected chi connectivity index (χ3v) is 6.00. The minimum absolute atomic E-state index is 0. The van der Waals surface area contributed by atoms with Crippen molar-refractivity contribution in [2.45, 2.75) is 62.8 Å². The third-order valence-electron chi connectivity index (χ3n) is 1.97. The maximum Gasteiger partial charge on any atom is -0.00374 e. The van der Waals surface area contributed by atoms with Crippen LogP contribution in [0.15, 0.2) is 19.2 Å². The van der Waals surface area contributed by atoms with Crippen LogP contribution in [0.1, 0.15) is 62.8 Å². The van der Waals surface area contributed by atoms with Crippen LogP contribution in [0, 0.1) is 11.8 Å². The first-order chi connectivity index (χ1) is 7.11. The average Bonchev–Trinajstić information content (AvgIpc) is 2.15. The summed E-state index contributed by atoms with van der Waals surface area (Å²) in [5.41, 5.74) is 2.82. The normalized spacial score (nSPS) is 9.18. The highest BCUT2D eigenvalue weighted by atomic mass is 127. The number of halogens is 2. The molecule has 0 rings (SSSR count). The van der Waals surface area contributed by atoms with Crippen molar-refractivity contribution in [3.63, 3.8) is 0 Å². The summed E-state index contributed by atoms with van der Waals surface area (Å²) in [6.07, 6.45) is 0. The van der Waals surface area contributed by atoms with E-state index in [1.165, 1.54) is 19.2 Å². The largest absolute Gasteiger partial charge is 0.0776 e. The van der Waals surface area contributed by atoms with Gasteiger partial charge in [0.05, 0.1) is 0 Å². The van der Waals surface area contributed by atoms with Gasteiger partial charge in [-0.3, -0.25) is 0 Å². The molecule has 0 aliphatic rings. The maximum atomic E-state index is 3.49. The summed E-state index contributed by atoms with van der Waals surface area (Å²) in [5, 5.41) is 0. The van der Waals surface area contributed by atoms with Gasteiger partial charge in [-0.15, -0.1) is 0 Å². The second kappa shape index (κ2) is 11.8. The van der Waals surface area contributed by atoms with E-state index in [1.54, 1.807) is 0 Å². The predicted molar refractivity (Wildman–Crippen MR) is 96.1 cm³/mol. The summed E-state index contributed by atoms with van der Waals surface area (Å²) in [6, 6.07) is 0. The van der Waals surface area contributed by atoms with Gasteiger partial charge in [0.15, 0.2) is 0 Å². The Balaban J connectivity index is -0.000000218. The minimum Gasteiger partial charge on any atom is -0.0776 e. The van der Waals surface area contributed by atoms with Crippen LogP contribution in [0.25, 0.3) is 0 Å². The van der Waals surface area contributed by atoms with Gasteiger partial charge in [-0.05, 0) is 70.2 Å². The van der Waals surface area contributed by atoms with Crippen molar-refractivity contribution in [1.29, 1.82) is 0 Å². The van der Waals surface area contributed by atoms with E-state index in [9.17, 15) is 0 Å². The molecule has 0 unspecified atom stereocenters. The zero-order valence-electron chi connectivity index (χ0n) is 11.9. The van der Waals surface area contributed by atoms with Crippen LogP contribution < -0.4 is 0 Å². The molecule has 0 heterocycles. The van der Waals surface area contributed by atoms with Gasteiger partial charge in [-0.25, -0.2) is 0 Å². The Labute approximate surface area is 132 Å². The summed E-state index contributed by atoms with van der Waals surface area (Å²) in [5.74, 6) is 1.35. The lowest BCUT2D eigenvalue weighted by Gasteiger charge is -2.03. The highest BCUT2D eigenvalue weighted by molar-refractivity contribution is 14.1. The molecule has 104 valence electrons. The monoisotopic (exact) mass is 416 g/mol. The van der Waals surface area contributed by atoms with Crippen molar-refractivity contribution in [3.8, 4) is 0 Å². The first-order valence-electron chi connectivity index (χ1n) is 5.76. The van der Waals surface area contributed by atoms with E-state index in [1.807, 2.05) is 0 Å². The molecule has 0 aromatic carbocycles. The molecule has 0 amide bonds. The molecule has 0 aromatic heterocycles. The number of allylic oxidation sites excluding steroid dienone is 4. The number of hydrogen-bond acceptors (Lipinski definition) is 0. The first-order valence-corrected chi connectivity index (χ1v) is 7.64. The van der Waals surface area contributed by atoms with Gasteiger partial charge in [0.25, 0.3) is 0 Å². The lowest BCUT2D eigenvalue weighted by Crippen LogP contribution is -1.86. The standard InChI is InChI=1S/C7H13Br.C7H13I.CH4/c2*1-5(2)7(8)6(3)4;/h2*5H,1-4H3;1H4. The third kappa shape index (κ3) is 12.9. The molecular formula is C15H30BrI. The first kappa shape index (κ1) is 22.8. The Hall–Kier alpha value is 0.690. The smallest absolute Gasteiger partial charge is 0.00374 e. The molecule has 0 bridgehead atoms. The second-order valence-electron chi connectivity index (χ2n) is 5.01. The Morgan fingerprint density at radius 1 is 0.824 bits per heavy atom. The summed E-state index contributed by atoms with van der Waals surface area (Å²) in [7, 11) is 0. The summed E-state index contributed by atoms with van der Waals surface area (Å²) in [6.45, 7) is 17.3. The van der Waals surface area contributed by atoms with Crippen LogP contribution in [0.2, 0.25) is 0 Å². The molecule has 2 heteroatoms. The molecule has 0 fully saturated rings. The lowest BCUT2D eigenvalue weighted by atomic mass is 10.1. The van der Waals surface area contributed by atoms with Crippen molar-refractivity contribution in [3.05, 3.63) is 19.2 Å². The van der Waals surface area contributed by atoms with Crippen molar-refractivity contribution in [2.75, 3.05) is 0 Å². The fourth-order valence-electron chi connectivity index (χ4n) is 1.15. The van der Waals surface area contributed by atoms with Crippen LogP contribution in [0.3, 0.4) is 0 Å². The molecule has 0 radical (unpaired) electrons. The van der Waals surface area contributed by atoms with Gasteiger partial charge < -0.3 is 0 Å². The van der Waals surface area contributed by atoms with E-state index >= 15 is 0 Å². The number of rotatable bonds is 2. The fraction of sp³-hybridized carbons (Fsp3) is 0.733. The van der Waals surface area contributed by atoms with Gasteiger partial charge >= 0.3 is 0 Å². The zero-order chi connectivity index (χ0) is 13.5. The molecule has 0 saturated heterocycles. The second-order valence-corrected chi connectivity index (χ2v) is 7.02. The van der Waals surface area contributed by atoms with Crippen LogP contribution in [0.5, 0.6) is 0 Å². The lowest BCUT2D eigenvalue weighted by molar-refractivity contribution is 0.810. The fourth-order valence-corrected chi connectivity index (χ4v) is 1.15. The highest BCUT2D eigenvalue weighted by Gasteiger charge is 1.98.